The highest BCUT2D eigenvalue weighted by molar-refractivity contribution is 6.32. The van der Waals surface area contributed by atoms with Crippen LogP contribution in [0.3, 0.4) is 0 Å². The number of ether oxygens (including phenoxy) is 2. The number of hydrogen-bond donors (Lipinski definition) is 1. The summed E-state index contributed by atoms with van der Waals surface area (Å²) in [7, 11) is 1.46. The van der Waals surface area contributed by atoms with E-state index in [4.69, 9.17) is 27.5 Å². The molecule has 0 aliphatic heterocycles. The Kier molecular flexibility index (Phi) is 7.31. The molecule has 0 aliphatic carbocycles. The first-order valence-electron chi connectivity index (χ1n) is 7.96. The second-order valence-corrected chi connectivity index (χ2v) is 5.77. The molecule has 136 valence electrons. The molecule has 2 rings (SSSR count). The molecule has 0 atom stereocenters. The molecule has 0 aromatic heterocycles. The minimum Gasteiger partial charge on any atom is -0.493 e. The summed E-state index contributed by atoms with van der Waals surface area (Å²) < 4.78 is 10.6. The summed E-state index contributed by atoms with van der Waals surface area (Å²) in [5.74, 6) is 2.53. The summed E-state index contributed by atoms with van der Waals surface area (Å²) >= 11 is 6.21. The van der Waals surface area contributed by atoms with E-state index in [9.17, 15) is 10.1 Å². The van der Waals surface area contributed by atoms with Crippen molar-refractivity contribution in [3.8, 4) is 29.9 Å². The Morgan fingerprint density at radius 1 is 1.33 bits per heavy atom. The Morgan fingerprint density at radius 3 is 2.70 bits per heavy atom. The summed E-state index contributed by atoms with van der Waals surface area (Å²) in [6.45, 7) is 0.359. The van der Waals surface area contributed by atoms with Crippen LogP contribution in [0.2, 0.25) is 5.02 Å². The van der Waals surface area contributed by atoms with Gasteiger partial charge in [0.1, 0.15) is 18.2 Å². The summed E-state index contributed by atoms with van der Waals surface area (Å²) in [4.78, 5) is 12.3. The van der Waals surface area contributed by atoms with Gasteiger partial charge in [-0.1, -0.05) is 47.9 Å². The fourth-order valence-corrected chi connectivity index (χ4v) is 2.54. The maximum atomic E-state index is 12.3. The van der Waals surface area contributed by atoms with Crippen molar-refractivity contribution in [3.05, 3.63) is 64.2 Å². The molecule has 1 amide bonds. The van der Waals surface area contributed by atoms with E-state index in [0.29, 0.717) is 23.6 Å². The fourth-order valence-electron chi connectivity index (χ4n) is 2.27. The molecule has 0 unspecified atom stereocenters. The van der Waals surface area contributed by atoms with Gasteiger partial charge in [0, 0.05) is 6.54 Å². The van der Waals surface area contributed by atoms with Crippen molar-refractivity contribution < 1.29 is 14.3 Å². The van der Waals surface area contributed by atoms with E-state index in [1.54, 1.807) is 12.1 Å². The Morgan fingerprint density at radius 2 is 2.07 bits per heavy atom. The summed E-state index contributed by atoms with van der Waals surface area (Å²) in [6.07, 6.45) is 6.62. The number of rotatable bonds is 7. The number of carbonyl (C=O) groups excluding carboxylic acids is 1. The molecular weight excluding hydrogens is 364 g/mol. The first-order valence-corrected chi connectivity index (χ1v) is 8.34. The van der Waals surface area contributed by atoms with Gasteiger partial charge in [-0.2, -0.15) is 5.26 Å². The zero-order valence-electron chi connectivity index (χ0n) is 14.7. The average molecular weight is 381 g/mol. The van der Waals surface area contributed by atoms with Crippen molar-refractivity contribution in [1.82, 2.24) is 5.32 Å². The van der Waals surface area contributed by atoms with E-state index in [1.807, 2.05) is 36.4 Å². The smallest absolute Gasteiger partial charge is 0.262 e. The number of nitriles is 1. The summed E-state index contributed by atoms with van der Waals surface area (Å²) in [5, 5.41) is 12.3. The number of nitrogens with zero attached hydrogens (tertiary/aromatic N) is 1. The second kappa shape index (κ2) is 9.91. The van der Waals surface area contributed by atoms with Crippen molar-refractivity contribution in [2.45, 2.75) is 6.54 Å². The highest BCUT2D eigenvalue weighted by Gasteiger charge is 2.14. The van der Waals surface area contributed by atoms with Crippen LogP contribution in [-0.4, -0.2) is 19.6 Å². The van der Waals surface area contributed by atoms with Gasteiger partial charge in [0.2, 0.25) is 0 Å². The van der Waals surface area contributed by atoms with E-state index in [1.165, 1.54) is 13.2 Å². The Bertz CT molecular complexity index is 925. The van der Waals surface area contributed by atoms with Crippen LogP contribution in [-0.2, 0) is 11.3 Å². The van der Waals surface area contributed by atoms with Crippen molar-refractivity contribution in [2.24, 2.45) is 0 Å². The lowest BCUT2D eigenvalue weighted by molar-refractivity contribution is -0.117. The number of nitrogens with one attached hydrogen (secondary N) is 1. The van der Waals surface area contributed by atoms with E-state index in [0.717, 1.165) is 5.56 Å². The molecule has 0 spiro atoms. The lowest BCUT2D eigenvalue weighted by atomic mass is 10.1. The van der Waals surface area contributed by atoms with Crippen LogP contribution in [0.5, 0.6) is 11.5 Å². The van der Waals surface area contributed by atoms with Crippen LogP contribution in [0.25, 0.3) is 6.08 Å². The normalized spacial score (nSPS) is 10.4. The van der Waals surface area contributed by atoms with Gasteiger partial charge in [0.25, 0.3) is 5.91 Å². The summed E-state index contributed by atoms with van der Waals surface area (Å²) in [5.41, 5.74) is 1.40. The van der Waals surface area contributed by atoms with Crippen LogP contribution < -0.4 is 14.8 Å². The fraction of sp³-hybridized carbons (Fsp3) is 0.143. The molecule has 5 nitrogen and oxygen atoms in total. The molecule has 6 heteroatoms. The van der Waals surface area contributed by atoms with Gasteiger partial charge in [-0.25, -0.2) is 0 Å². The van der Waals surface area contributed by atoms with Gasteiger partial charge in [-0.3, -0.25) is 4.79 Å². The molecule has 0 saturated carbocycles. The third-order valence-corrected chi connectivity index (χ3v) is 3.80. The predicted molar refractivity (Wildman–Crippen MR) is 104 cm³/mol. The molecule has 0 radical (unpaired) electrons. The van der Waals surface area contributed by atoms with Crippen molar-refractivity contribution in [1.29, 1.82) is 5.26 Å². The van der Waals surface area contributed by atoms with Gasteiger partial charge in [0.05, 0.1) is 12.1 Å². The number of benzene rings is 2. The van der Waals surface area contributed by atoms with Crippen molar-refractivity contribution in [3.63, 3.8) is 0 Å². The number of hydrogen-bond acceptors (Lipinski definition) is 4. The Labute approximate surface area is 163 Å². The van der Waals surface area contributed by atoms with Gasteiger partial charge in [0.15, 0.2) is 11.5 Å². The molecular formula is C21H17ClN2O3. The Balaban J connectivity index is 2.21. The SMILES string of the molecule is C#CCOc1c(Cl)cc(/C=C(\C#N)C(=O)NCc2ccccc2)cc1OC. The highest BCUT2D eigenvalue weighted by atomic mass is 35.5. The molecule has 27 heavy (non-hydrogen) atoms. The zero-order valence-corrected chi connectivity index (χ0v) is 15.4. The molecule has 0 aliphatic rings. The molecule has 0 bridgehead atoms. The topological polar surface area (TPSA) is 71.3 Å². The minimum atomic E-state index is -0.482. The first-order chi connectivity index (χ1) is 13.1. The molecule has 0 fully saturated rings. The van der Waals surface area contributed by atoms with Crippen LogP contribution in [0, 0.1) is 23.7 Å². The Hall–Kier alpha value is -3.41. The van der Waals surface area contributed by atoms with Crippen LogP contribution in [0.1, 0.15) is 11.1 Å². The monoisotopic (exact) mass is 380 g/mol. The number of halogens is 1. The van der Waals surface area contributed by atoms with Crippen molar-refractivity contribution >= 4 is 23.6 Å². The van der Waals surface area contributed by atoms with E-state index in [2.05, 4.69) is 11.2 Å². The van der Waals surface area contributed by atoms with Gasteiger partial charge < -0.3 is 14.8 Å². The lowest BCUT2D eigenvalue weighted by Gasteiger charge is -2.12. The maximum Gasteiger partial charge on any atom is 0.262 e. The molecule has 0 heterocycles. The number of amides is 1. The number of methoxy groups -OCH3 is 1. The first kappa shape index (κ1) is 19.9. The van der Waals surface area contributed by atoms with Crippen LogP contribution in [0.4, 0.5) is 0 Å². The predicted octanol–water partition coefficient (Wildman–Crippen LogP) is 3.58. The molecule has 0 saturated heterocycles. The average Bonchev–Trinajstić information content (AvgIpc) is 2.69. The second-order valence-electron chi connectivity index (χ2n) is 5.37. The minimum absolute atomic E-state index is 0.0383. The maximum absolute atomic E-state index is 12.3. The number of terminal acetylenes is 1. The van der Waals surface area contributed by atoms with Crippen LogP contribution in [0.15, 0.2) is 48.0 Å². The third-order valence-electron chi connectivity index (χ3n) is 3.52. The van der Waals surface area contributed by atoms with E-state index >= 15 is 0 Å². The van der Waals surface area contributed by atoms with Gasteiger partial charge >= 0.3 is 0 Å². The number of carbonyl (C=O) groups is 1. The van der Waals surface area contributed by atoms with Crippen molar-refractivity contribution in [2.75, 3.05) is 13.7 Å². The standard InChI is InChI=1S/C21H17ClN2O3/c1-3-9-27-20-18(22)11-16(12-19(20)26-2)10-17(13-23)21(25)24-14-15-7-5-4-6-8-15/h1,4-8,10-12H,9,14H2,2H3,(H,24,25)/b17-10+. The largest absolute Gasteiger partial charge is 0.493 e. The lowest BCUT2D eigenvalue weighted by Crippen LogP contribution is -2.23. The molecule has 2 aromatic carbocycles. The highest BCUT2D eigenvalue weighted by Crippen LogP contribution is 2.37. The summed E-state index contributed by atoms with van der Waals surface area (Å²) in [6, 6.07) is 14.5. The van der Waals surface area contributed by atoms with Crippen LogP contribution >= 0.6 is 11.6 Å². The quantitative estimate of drug-likeness (QED) is 0.452. The van der Waals surface area contributed by atoms with Gasteiger partial charge in [-0.15, -0.1) is 6.42 Å². The zero-order chi connectivity index (χ0) is 19.6. The van der Waals surface area contributed by atoms with Gasteiger partial charge in [-0.05, 0) is 29.3 Å². The molecule has 1 N–H and O–H groups in total. The third kappa shape index (κ3) is 5.54. The van der Waals surface area contributed by atoms with E-state index < -0.39 is 5.91 Å². The molecule has 2 aromatic rings. The van der Waals surface area contributed by atoms with E-state index in [-0.39, 0.29) is 17.2 Å².